The Morgan fingerprint density at radius 2 is 1.22 bits per heavy atom. The Labute approximate surface area is 288 Å². The summed E-state index contributed by atoms with van der Waals surface area (Å²) in [5, 5.41) is 41.8. The molecule has 0 aliphatic rings. The normalized spacial score (nSPS) is 15.2. The summed E-state index contributed by atoms with van der Waals surface area (Å²) in [6.45, 7) is 9.06. The Bertz CT molecular complexity index is 1310. The Morgan fingerprint density at radius 3 is 1.61 bits per heavy atom. The molecule has 0 saturated heterocycles. The van der Waals surface area contributed by atoms with Crippen LogP contribution in [0.3, 0.4) is 0 Å². The number of carboxylic acids is 4. The van der Waals surface area contributed by atoms with Gasteiger partial charge in [-0.25, -0.2) is 18.7 Å². The van der Waals surface area contributed by atoms with Gasteiger partial charge in [-0.1, -0.05) is 45.0 Å². The number of nitrogens with zero attached hydrogens (tertiary/aromatic N) is 4. The maximum atomic E-state index is 12.1. The van der Waals surface area contributed by atoms with Gasteiger partial charge in [0.1, 0.15) is 23.5 Å². The molecular weight excluding hydrogens is 636 g/mol. The summed E-state index contributed by atoms with van der Waals surface area (Å²) in [6.07, 6.45) is 3.21. The average molecular weight is 695 g/mol. The second kappa shape index (κ2) is 20.0. The van der Waals surface area contributed by atoms with E-state index < -0.39 is 48.0 Å². The van der Waals surface area contributed by atoms with E-state index in [-0.39, 0.29) is 70.9 Å². The standard InChI is InChI=1S/C33H56N8O8/c1-6-38(15-27(42)43)21-32(36,19-34)22-40(17-29(46)47)12-13-41(18-30(48)49)24-33(20-35,23-39(7-2)16-28(44)45)37-14-25-8-10-26(11-9-25)31(3,4)5/h6-11,37H,12-24,34-36H2,1-5H3,(H2-2,42,43,44,45,46,47,48,49)/p+2/b38-6+,39-7+. The number of hydrogen-bond donors (Lipinski definition) is 8. The minimum atomic E-state index is -1.19. The van der Waals surface area contributed by atoms with Crippen LogP contribution in [0, 0.1) is 0 Å². The van der Waals surface area contributed by atoms with Crippen LogP contribution in [0.15, 0.2) is 24.3 Å². The highest BCUT2D eigenvalue weighted by Gasteiger charge is 2.38. The first kappa shape index (κ1) is 43.2. The van der Waals surface area contributed by atoms with Gasteiger partial charge in [-0.15, -0.1) is 0 Å². The van der Waals surface area contributed by atoms with Gasteiger partial charge in [0.2, 0.25) is 13.1 Å². The molecule has 16 nitrogen and oxygen atoms in total. The first-order valence-corrected chi connectivity index (χ1v) is 16.2. The number of nitrogens with two attached hydrogens (primary N) is 3. The third-order valence-corrected chi connectivity index (χ3v) is 8.23. The molecule has 0 aliphatic heterocycles. The van der Waals surface area contributed by atoms with Crippen molar-refractivity contribution in [3.05, 3.63) is 35.4 Å². The van der Waals surface area contributed by atoms with E-state index in [1.807, 2.05) is 24.3 Å². The maximum Gasteiger partial charge on any atom is 0.369 e. The van der Waals surface area contributed by atoms with E-state index in [0.29, 0.717) is 6.54 Å². The van der Waals surface area contributed by atoms with Crippen LogP contribution in [-0.4, -0.2) is 165 Å². The van der Waals surface area contributed by atoms with Crippen molar-refractivity contribution in [3.63, 3.8) is 0 Å². The highest BCUT2D eigenvalue weighted by atomic mass is 16.4. The average Bonchev–Trinajstić information content (AvgIpc) is 3.00. The fourth-order valence-corrected chi connectivity index (χ4v) is 5.54. The lowest BCUT2D eigenvalue weighted by Gasteiger charge is -2.38. The number of rotatable bonds is 24. The van der Waals surface area contributed by atoms with Crippen LogP contribution in [0.5, 0.6) is 0 Å². The maximum absolute atomic E-state index is 12.1. The first-order chi connectivity index (χ1) is 22.8. The van der Waals surface area contributed by atoms with Crippen LogP contribution in [0.1, 0.15) is 45.7 Å². The van der Waals surface area contributed by atoms with Crippen molar-refractivity contribution in [1.29, 1.82) is 0 Å². The van der Waals surface area contributed by atoms with Crippen molar-refractivity contribution < 1.29 is 48.8 Å². The minimum absolute atomic E-state index is 0.0112. The fraction of sp³-hybridized carbons (Fsp3) is 0.636. The molecule has 0 aliphatic carbocycles. The van der Waals surface area contributed by atoms with Gasteiger partial charge in [0, 0.05) is 59.7 Å². The van der Waals surface area contributed by atoms with E-state index in [2.05, 4.69) is 26.1 Å². The molecule has 16 heteroatoms. The van der Waals surface area contributed by atoms with E-state index in [4.69, 9.17) is 17.2 Å². The SMILES string of the molecule is C/C=[N+](\CC(=O)O)CC(N)(CN)CN(CCN(CC(=O)O)CC(CN)(C/[N+](=C/C)CC(=O)O)NCc1ccc(C(C)(C)C)cc1)CC(=O)O. The van der Waals surface area contributed by atoms with Crippen molar-refractivity contribution in [2.75, 3.05) is 78.5 Å². The van der Waals surface area contributed by atoms with Gasteiger partial charge in [0.05, 0.1) is 13.1 Å². The van der Waals surface area contributed by atoms with E-state index in [9.17, 15) is 39.6 Å². The molecule has 49 heavy (non-hydrogen) atoms. The number of aliphatic carboxylic acids is 4. The van der Waals surface area contributed by atoms with Gasteiger partial charge in [-0.3, -0.25) is 24.7 Å². The molecule has 0 bridgehead atoms. The summed E-state index contributed by atoms with van der Waals surface area (Å²) in [5.41, 5.74) is 18.9. The van der Waals surface area contributed by atoms with Crippen LogP contribution < -0.4 is 22.5 Å². The third-order valence-electron chi connectivity index (χ3n) is 8.23. The number of carboxylic acid groups (broad SMARTS) is 4. The summed E-state index contributed by atoms with van der Waals surface area (Å²) >= 11 is 0. The van der Waals surface area contributed by atoms with Crippen molar-refractivity contribution in [1.82, 2.24) is 15.1 Å². The van der Waals surface area contributed by atoms with Crippen molar-refractivity contribution in [2.24, 2.45) is 17.2 Å². The molecular formula is C33H58N8O8+2. The van der Waals surface area contributed by atoms with E-state index in [1.54, 1.807) is 40.7 Å². The van der Waals surface area contributed by atoms with Gasteiger partial charge >= 0.3 is 23.9 Å². The summed E-state index contributed by atoms with van der Waals surface area (Å²) in [4.78, 5) is 50.0. The summed E-state index contributed by atoms with van der Waals surface area (Å²) in [5.74, 6) is -4.35. The highest BCUT2D eigenvalue weighted by Crippen LogP contribution is 2.22. The van der Waals surface area contributed by atoms with Crippen LogP contribution in [0.2, 0.25) is 0 Å². The predicted molar refractivity (Wildman–Crippen MR) is 187 cm³/mol. The van der Waals surface area contributed by atoms with E-state index in [0.717, 1.165) is 11.1 Å². The molecule has 0 spiro atoms. The van der Waals surface area contributed by atoms with Crippen molar-refractivity contribution in [3.8, 4) is 0 Å². The van der Waals surface area contributed by atoms with E-state index in [1.165, 1.54) is 4.58 Å². The summed E-state index contributed by atoms with van der Waals surface area (Å²) in [7, 11) is 0. The second-order valence-electron chi connectivity index (χ2n) is 13.7. The Hall–Kier alpha value is -3.80. The predicted octanol–water partition coefficient (Wildman–Crippen LogP) is -1.42. The van der Waals surface area contributed by atoms with Crippen LogP contribution >= 0.6 is 0 Å². The monoisotopic (exact) mass is 694 g/mol. The molecule has 0 aromatic heterocycles. The molecule has 1 aromatic rings. The largest absolute Gasteiger partial charge is 0.480 e. The highest BCUT2D eigenvalue weighted by molar-refractivity contribution is 5.70. The van der Waals surface area contributed by atoms with Crippen molar-refractivity contribution >= 4 is 36.3 Å². The van der Waals surface area contributed by atoms with Crippen LogP contribution in [0.25, 0.3) is 0 Å². The van der Waals surface area contributed by atoms with Gasteiger partial charge in [-0.2, -0.15) is 0 Å². The number of nitrogens with one attached hydrogen (secondary N) is 1. The molecule has 2 atom stereocenters. The molecule has 11 N–H and O–H groups in total. The zero-order valence-corrected chi connectivity index (χ0v) is 29.6. The Kier molecular flexibility index (Phi) is 17.7. The molecule has 1 rings (SSSR count). The fourth-order valence-electron chi connectivity index (χ4n) is 5.54. The Morgan fingerprint density at radius 1 is 0.755 bits per heavy atom. The number of carbonyl (C=O) groups is 4. The lowest BCUT2D eigenvalue weighted by molar-refractivity contribution is -0.524. The lowest BCUT2D eigenvalue weighted by Crippen LogP contribution is -2.64. The molecule has 0 heterocycles. The molecule has 0 radical (unpaired) electrons. The minimum Gasteiger partial charge on any atom is -0.480 e. The van der Waals surface area contributed by atoms with Crippen LogP contribution in [-0.2, 0) is 31.1 Å². The zero-order chi connectivity index (χ0) is 37.4. The molecule has 2 unspecified atom stereocenters. The third kappa shape index (κ3) is 16.4. The van der Waals surface area contributed by atoms with Gasteiger partial charge in [0.15, 0.2) is 13.1 Å². The zero-order valence-electron chi connectivity index (χ0n) is 29.6. The second-order valence-corrected chi connectivity index (χ2v) is 13.7. The molecule has 0 fully saturated rings. The molecule has 1 aromatic carbocycles. The van der Waals surface area contributed by atoms with E-state index >= 15 is 0 Å². The van der Waals surface area contributed by atoms with Crippen LogP contribution in [0.4, 0.5) is 0 Å². The lowest BCUT2D eigenvalue weighted by atomic mass is 9.86. The van der Waals surface area contributed by atoms with Gasteiger partial charge < -0.3 is 37.6 Å². The Balaban J connectivity index is 3.39. The van der Waals surface area contributed by atoms with Gasteiger partial charge in [0.25, 0.3) is 0 Å². The molecule has 0 saturated carbocycles. The summed E-state index contributed by atoms with van der Waals surface area (Å²) in [6, 6.07) is 8.09. The smallest absolute Gasteiger partial charge is 0.369 e. The quantitative estimate of drug-likeness (QED) is 0.0457. The van der Waals surface area contributed by atoms with Gasteiger partial charge in [-0.05, 0) is 16.5 Å². The molecule has 0 amide bonds. The summed E-state index contributed by atoms with van der Waals surface area (Å²) < 4.78 is 3.08. The van der Waals surface area contributed by atoms with Crippen molar-refractivity contribution in [2.45, 2.75) is 57.7 Å². The number of hydrogen-bond acceptors (Lipinski definition) is 10. The topological polar surface area (TPSA) is 252 Å². The molecule has 276 valence electrons. The first-order valence-electron chi connectivity index (χ1n) is 16.2. The number of benzene rings is 1.